The number of morpholine rings is 1. The molecule has 0 saturated carbocycles. The Balaban J connectivity index is 1.80. The highest BCUT2D eigenvalue weighted by Gasteiger charge is 2.17. The number of hydrogen-bond acceptors (Lipinski definition) is 6. The minimum Gasteiger partial charge on any atom is -0.378 e. The summed E-state index contributed by atoms with van der Waals surface area (Å²) in [6.07, 6.45) is 3.33. The molecule has 1 amide bonds. The highest BCUT2D eigenvalue weighted by molar-refractivity contribution is 6.03. The molecule has 7 nitrogen and oxygen atoms in total. The Morgan fingerprint density at radius 2 is 1.91 bits per heavy atom. The van der Waals surface area contributed by atoms with Gasteiger partial charge in [-0.25, -0.2) is 9.97 Å². The number of nitrogens with zero attached hydrogens (tertiary/aromatic N) is 4. The van der Waals surface area contributed by atoms with Crippen molar-refractivity contribution in [2.45, 2.75) is 13.8 Å². The quantitative estimate of drug-likeness (QED) is 0.926. The average molecular weight is 313 g/mol. The highest BCUT2D eigenvalue weighted by atomic mass is 16.5. The van der Waals surface area contributed by atoms with E-state index in [0.717, 1.165) is 30.0 Å². The van der Waals surface area contributed by atoms with Crippen LogP contribution in [0.15, 0.2) is 24.5 Å². The van der Waals surface area contributed by atoms with Gasteiger partial charge in [-0.1, -0.05) is 0 Å². The third-order valence-corrected chi connectivity index (χ3v) is 3.76. The van der Waals surface area contributed by atoms with Crippen LogP contribution in [0.25, 0.3) is 0 Å². The molecule has 1 saturated heterocycles. The van der Waals surface area contributed by atoms with Crippen molar-refractivity contribution in [2.24, 2.45) is 0 Å². The maximum absolute atomic E-state index is 12.5. The van der Waals surface area contributed by atoms with Crippen LogP contribution in [0.4, 0.5) is 11.6 Å². The molecule has 1 N–H and O–H groups in total. The standard InChI is InChI=1S/C16H19N5O2/c1-11-3-5-17-12(2)14(11)20-15(22)13-4-6-18-16(19-13)21-7-9-23-10-8-21/h3-6H,7-10H2,1-2H3,(H,20,22). The second kappa shape index (κ2) is 6.70. The molecule has 0 radical (unpaired) electrons. The first-order valence-electron chi connectivity index (χ1n) is 7.54. The third kappa shape index (κ3) is 3.45. The van der Waals surface area contributed by atoms with Crippen LogP contribution in [-0.4, -0.2) is 47.2 Å². The summed E-state index contributed by atoms with van der Waals surface area (Å²) < 4.78 is 5.32. The largest absolute Gasteiger partial charge is 0.378 e. The second-order valence-electron chi connectivity index (χ2n) is 5.38. The summed E-state index contributed by atoms with van der Waals surface area (Å²) in [4.78, 5) is 27.3. The summed E-state index contributed by atoms with van der Waals surface area (Å²) in [7, 11) is 0. The van der Waals surface area contributed by atoms with Crippen LogP contribution in [0.2, 0.25) is 0 Å². The molecular formula is C16H19N5O2. The van der Waals surface area contributed by atoms with Crippen LogP contribution in [0.3, 0.4) is 0 Å². The maximum atomic E-state index is 12.5. The van der Waals surface area contributed by atoms with Crippen molar-refractivity contribution >= 4 is 17.5 Å². The van der Waals surface area contributed by atoms with Crippen molar-refractivity contribution in [3.63, 3.8) is 0 Å². The van der Waals surface area contributed by atoms with E-state index in [4.69, 9.17) is 4.74 Å². The lowest BCUT2D eigenvalue weighted by Crippen LogP contribution is -2.37. The average Bonchev–Trinajstić information content (AvgIpc) is 2.59. The van der Waals surface area contributed by atoms with Crippen LogP contribution in [0.1, 0.15) is 21.7 Å². The van der Waals surface area contributed by atoms with Gasteiger partial charge in [-0.15, -0.1) is 0 Å². The van der Waals surface area contributed by atoms with Crippen molar-refractivity contribution in [2.75, 3.05) is 36.5 Å². The molecule has 0 aliphatic carbocycles. The van der Waals surface area contributed by atoms with Gasteiger partial charge >= 0.3 is 0 Å². The van der Waals surface area contributed by atoms with E-state index < -0.39 is 0 Å². The summed E-state index contributed by atoms with van der Waals surface area (Å²) in [5, 5.41) is 2.89. The molecule has 0 aromatic carbocycles. The molecular weight excluding hydrogens is 294 g/mol. The van der Waals surface area contributed by atoms with Gasteiger partial charge < -0.3 is 15.0 Å². The molecule has 0 spiro atoms. The number of ether oxygens (including phenoxy) is 1. The topological polar surface area (TPSA) is 80.2 Å². The lowest BCUT2D eigenvalue weighted by molar-refractivity contribution is 0.102. The number of anilines is 2. The first-order chi connectivity index (χ1) is 11.1. The number of amides is 1. The lowest BCUT2D eigenvalue weighted by atomic mass is 10.2. The summed E-state index contributed by atoms with van der Waals surface area (Å²) in [5.41, 5.74) is 2.81. The first kappa shape index (κ1) is 15.4. The summed E-state index contributed by atoms with van der Waals surface area (Å²) in [5.74, 6) is 0.293. The smallest absolute Gasteiger partial charge is 0.274 e. The SMILES string of the molecule is Cc1ccnc(C)c1NC(=O)c1ccnc(N2CCOCC2)n1. The summed E-state index contributed by atoms with van der Waals surface area (Å²) >= 11 is 0. The Morgan fingerprint density at radius 1 is 1.17 bits per heavy atom. The summed E-state index contributed by atoms with van der Waals surface area (Å²) in [6.45, 7) is 6.55. The van der Waals surface area contributed by atoms with E-state index in [1.165, 1.54) is 0 Å². The molecule has 1 fully saturated rings. The van der Waals surface area contributed by atoms with Crippen LogP contribution in [-0.2, 0) is 4.74 Å². The zero-order valence-electron chi connectivity index (χ0n) is 13.2. The van der Waals surface area contributed by atoms with Gasteiger partial charge in [-0.3, -0.25) is 9.78 Å². The molecule has 2 aromatic rings. The van der Waals surface area contributed by atoms with Crippen LogP contribution in [0.5, 0.6) is 0 Å². The molecule has 2 aromatic heterocycles. The molecule has 1 aliphatic rings. The Kier molecular flexibility index (Phi) is 4.47. The first-order valence-corrected chi connectivity index (χ1v) is 7.54. The van der Waals surface area contributed by atoms with Gasteiger partial charge in [0.25, 0.3) is 5.91 Å². The van der Waals surface area contributed by atoms with Crippen molar-refractivity contribution in [3.05, 3.63) is 41.5 Å². The van der Waals surface area contributed by atoms with Crippen LogP contribution < -0.4 is 10.2 Å². The number of pyridine rings is 1. The van der Waals surface area contributed by atoms with Crippen LogP contribution in [0, 0.1) is 13.8 Å². The number of carbonyl (C=O) groups is 1. The molecule has 3 rings (SSSR count). The minimum absolute atomic E-state index is 0.263. The van der Waals surface area contributed by atoms with Crippen molar-refractivity contribution < 1.29 is 9.53 Å². The monoisotopic (exact) mass is 313 g/mol. The molecule has 0 bridgehead atoms. The zero-order chi connectivity index (χ0) is 16.2. The van der Waals surface area contributed by atoms with Gasteiger partial charge in [0.1, 0.15) is 5.69 Å². The molecule has 7 heteroatoms. The van der Waals surface area contributed by atoms with Gasteiger partial charge in [0.05, 0.1) is 24.6 Å². The van der Waals surface area contributed by atoms with Crippen LogP contribution >= 0.6 is 0 Å². The van der Waals surface area contributed by atoms with E-state index in [1.807, 2.05) is 24.8 Å². The molecule has 3 heterocycles. The molecule has 23 heavy (non-hydrogen) atoms. The fourth-order valence-electron chi connectivity index (χ4n) is 2.45. The number of aromatic nitrogens is 3. The third-order valence-electron chi connectivity index (χ3n) is 3.76. The summed E-state index contributed by atoms with van der Waals surface area (Å²) in [6, 6.07) is 3.47. The van der Waals surface area contributed by atoms with E-state index in [1.54, 1.807) is 18.5 Å². The predicted octanol–water partition coefficient (Wildman–Crippen LogP) is 1.58. The number of nitrogens with one attached hydrogen (secondary N) is 1. The van der Waals surface area contributed by atoms with Gasteiger partial charge in [-0.2, -0.15) is 0 Å². The Bertz CT molecular complexity index is 693. The van der Waals surface area contributed by atoms with E-state index in [2.05, 4.69) is 20.3 Å². The molecule has 0 unspecified atom stereocenters. The number of hydrogen-bond donors (Lipinski definition) is 1. The van der Waals surface area contributed by atoms with E-state index in [9.17, 15) is 4.79 Å². The van der Waals surface area contributed by atoms with Crippen molar-refractivity contribution in [1.29, 1.82) is 0 Å². The predicted molar refractivity (Wildman–Crippen MR) is 86.7 cm³/mol. The Hall–Kier alpha value is -2.54. The minimum atomic E-state index is -0.263. The van der Waals surface area contributed by atoms with Gasteiger partial charge in [0.2, 0.25) is 5.95 Å². The van der Waals surface area contributed by atoms with Gasteiger partial charge in [0, 0.05) is 25.5 Å². The zero-order valence-corrected chi connectivity index (χ0v) is 13.2. The van der Waals surface area contributed by atoms with Crippen molar-refractivity contribution in [3.8, 4) is 0 Å². The molecule has 1 aliphatic heterocycles. The number of rotatable bonds is 3. The molecule has 0 atom stereocenters. The Labute approximate surface area is 134 Å². The molecule has 120 valence electrons. The Morgan fingerprint density at radius 3 is 2.65 bits per heavy atom. The maximum Gasteiger partial charge on any atom is 0.274 e. The fraction of sp³-hybridized carbons (Fsp3) is 0.375. The van der Waals surface area contributed by atoms with Crippen molar-refractivity contribution in [1.82, 2.24) is 15.0 Å². The van der Waals surface area contributed by atoms with E-state index >= 15 is 0 Å². The normalized spacial score (nSPS) is 14.6. The van der Waals surface area contributed by atoms with E-state index in [-0.39, 0.29) is 5.91 Å². The fourth-order valence-corrected chi connectivity index (χ4v) is 2.45. The number of aryl methyl sites for hydroxylation is 2. The van der Waals surface area contributed by atoms with Gasteiger partial charge in [0.15, 0.2) is 0 Å². The highest BCUT2D eigenvalue weighted by Crippen LogP contribution is 2.18. The number of carbonyl (C=O) groups excluding carboxylic acids is 1. The lowest BCUT2D eigenvalue weighted by Gasteiger charge is -2.26. The second-order valence-corrected chi connectivity index (χ2v) is 5.38. The van der Waals surface area contributed by atoms with Gasteiger partial charge in [-0.05, 0) is 31.5 Å². The van der Waals surface area contributed by atoms with E-state index in [0.29, 0.717) is 24.9 Å².